The highest BCUT2D eigenvalue weighted by atomic mass is 16.6. The Labute approximate surface area is 120 Å². The Hall–Kier alpha value is -2.48. The summed E-state index contributed by atoms with van der Waals surface area (Å²) < 4.78 is 1.37. The average Bonchev–Trinajstić information content (AvgIpc) is 2.85. The van der Waals surface area contributed by atoms with Gasteiger partial charge in [-0.25, -0.2) is 14.5 Å². The summed E-state index contributed by atoms with van der Waals surface area (Å²) in [5.41, 5.74) is 5.42. The molecule has 0 unspecified atom stereocenters. The quantitative estimate of drug-likeness (QED) is 0.450. The lowest BCUT2D eigenvalue weighted by Gasteiger charge is -2.05. The molecule has 1 heterocycles. The SMILES string of the molecule is NCCCCCc1n[nH]c(=O)n1-c1cccc([N+](=O)[O-])c1. The van der Waals surface area contributed by atoms with Gasteiger partial charge in [0.15, 0.2) is 0 Å². The average molecular weight is 291 g/mol. The number of nitrogens with two attached hydrogens (primary N) is 1. The van der Waals surface area contributed by atoms with E-state index in [9.17, 15) is 14.9 Å². The molecule has 0 amide bonds. The number of aryl methyl sites for hydroxylation is 1. The summed E-state index contributed by atoms with van der Waals surface area (Å²) in [5, 5.41) is 17.2. The van der Waals surface area contributed by atoms with E-state index in [0.29, 0.717) is 24.5 Å². The van der Waals surface area contributed by atoms with E-state index in [1.807, 2.05) is 0 Å². The van der Waals surface area contributed by atoms with Gasteiger partial charge in [0.1, 0.15) is 5.82 Å². The van der Waals surface area contributed by atoms with Gasteiger partial charge in [0.05, 0.1) is 10.6 Å². The predicted octanol–water partition coefficient (Wildman–Crippen LogP) is 1.14. The zero-order chi connectivity index (χ0) is 15.2. The molecule has 0 spiro atoms. The van der Waals surface area contributed by atoms with E-state index < -0.39 is 10.6 Å². The minimum atomic E-state index is -0.491. The van der Waals surface area contributed by atoms with E-state index in [0.717, 1.165) is 19.3 Å². The fraction of sp³-hybridized carbons (Fsp3) is 0.385. The summed E-state index contributed by atoms with van der Waals surface area (Å²) in [5.74, 6) is 0.567. The molecule has 8 heteroatoms. The first-order valence-corrected chi connectivity index (χ1v) is 6.74. The topological polar surface area (TPSA) is 120 Å². The molecule has 1 aromatic carbocycles. The van der Waals surface area contributed by atoms with Crippen molar-refractivity contribution in [1.29, 1.82) is 0 Å². The van der Waals surface area contributed by atoms with Crippen molar-refractivity contribution in [1.82, 2.24) is 14.8 Å². The van der Waals surface area contributed by atoms with Crippen molar-refractivity contribution in [3.8, 4) is 5.69 Å². The van der Waals surface area contributed by atoms with Gasteiger partial charge < -0.3 is 5.73 Å². The highest BCUT2D eigenvalue weighted by Crippen LogP contribution is 2.17. The number of rotatable bonds is 7. The van der Waals surface area contributed by atoms with Crippen molar-refractivity contribution >= 4 is 5.69 Å². The van der Waals surface area contributed by atoms with Gasteiger partial charge in [0.25, 0.3) is 5.69 Å². The lowest BCUT2D eigenvalue weighted by Crippen LogP contribution is -2.17. The van der Waals surface area contributed by atoms with Gasteiger partial charge in [-0.05, 0) is 25.5 Å². The fourth-order valence-electron chi connectivity index (χ4n) is 2.11. The van der Waals surface area contributed by atoms with E-state index in [1.54, 1.807) is 12.1 Å². The highest BCUT2D eigenvalue weighted by Gasteiger charge is 2.13. The summed E-state index contributed by atoms with van der Waals surface area (Å²) in [6.45, 7) is 0.637. The van der Waals surface area contributed by atoms with Crippen molar-refractivity contribution in [3.63, 3.8) is 0 Å². The van der Waals surface area contributed by atoms with Gasteiger partial charge >= 0.3 is 5.69 Å². The Morgan fingerprint density at radius 2 is 2.14 bits per heavy atom. The number of non-ortho nitro benzene ring substituents is 1. The molecule has 21 heavy (non-hydrogen) atoms. The second-order valence-electron chi connectivity index (χ2n) is 4.66. The van der Waals surface area contributed by atoms with E-state index in [2.05, 4.69) is 10.2 Å². The molecule has 2 rings (SSSR count). The van der Waals surface area contributed by atoms with Crippen LogP contribution in [0.5, 0.6) is 0 Å². The van der Waals surface area contributed by atoms with Crippen LogP contribution in [0.1, 0.15) is 25.1 Å². The molecular weight excluding hydrogens is 274 g/mol. The fourth-order valence-corrected chi connectivity index (χ4v) is 2.11. The monoisotopic (exact) mass is 291 g/mol. The molecule has 0 aliphatic rings. The van der Waals surface area contributed by atoms with Crippen molar-refractivity contribution in [2.75, 3.05) is 6.54 Å². The minimum absolute atomic E-state index is 0.0605. The van der Waals surface area contributed by atoms with Crippen LogP contribution in [0.25, 0.3) is 5.69 Å². The number of unbranched alkanes of at least 4 members (excludes halogenated alkanes) is 2. The Kier molecular flexibility index (Phi) is 4.83. The Morgan fingerprint density at radius 1 is 1.33 bits per heavy atom. The third-order valence-corrected chi connectivity index (χ3v) is 3.15. The third-order valence-electron chi connectivity index (χ3n) is 3.15. The normalized spacial score (nSPS) is 10.7. The molecule has 1 aromatic heterocycles. The summed E-state index contributed by atoms with van der Waals surface area (Å²) in [4.78, 5) is 22.2. The molecule has 0 bridgehead atoms. The number of nitro benzene ring substituents is 1. The van der Waals surface area contributed by atoms with Gasteiger partial charge in [-0.15, -0.1) is 0 Å². The third kappa shape index (κ3) is 3.54. The lowest BCUT2D eigenvalue weighted by molar-refractivity contribution is -0.384. The van der Waals surface area contributed by atoms with Gasteiger partial charge in [-0.2, -0.15) is 5.10 Å². The second-order valence-corrected chi connectivity index (χ2v) is 4.66. The van der Waals surface area contributed by atoms with Crippen LogP contribution in [0.4, 0.5) is 5.69 Å². The van der Waals surface area contributed by atoms with Crippen LogP contribution >= 0.6 is 0 Å². The van der Waals surface area contributed by atoms with Crippen molar-refractivity contribution < 1.29 is 4.92 Å². The summed E-state index contributed by atoms with van der Waals surface area (Å²) in [7, 11) is 0. The predicted molar refractivity (Wildman–Crippen MR) is 77.4 cm³/mol. The van der Waals surface area contributed by atoms with Gasteiger partial charge in [0.2, 0.25) is 0 Å². The minimum Gasteiger partial charge on any atom is -0.330 e. The first-order chi connectivity index (χ1) is 10.1. The summed E-state index contributed by atoms with van der Waals surface area (Å²) in [6.07, 6.45) is 3.34. The smallest absolute Gasteiger partial charge is 0.330 e. The van der Waals surface area contributed by atoms with Crippen LogP contribution in [-0.2, 0) is 6.42 Å². The number of nitrogens with zero attached hydrogens (tertiary/aromatic N) is 3. The maximum atomic E-state index is 11.9. The number of hydrogen-bond acceptors (Lipinski definition) is 5. The van der Waals surface area contributed by atoms with Crippen LogP contribution in [0.2, 0.25) is 0 Å². The van der Waals surface area contributed by atoms with Crippen molar-refractivity contribution in [2.24, 2.45) is 5.73 Å². The molecule has 0 fully saturated rings. The maximum Gasteiger partial charge on any atom is 0.347 e. The van der Waals surface area contributed by atoms with E-state index in [4.69, 9.17) is 5.73 Å². The van der Waals surface area contributed by atoms with E-state index in [1.165, 1.54) is 16.7 Å². The molecule has 8 nitrogen and oxygen atoms in total. The van der Waals surface area contributed by atoms with Gasteiger partial charge in [-0.1, -0.05) is 12.5 Å². The Bertz CT molecular complexity index is 676. The van der Waals surface area contributed by atoms with Crippen molar-refractivity contribution in [2.45, 2.75) is 25.7 Å². The summed E-state index contributed by atoms with van der Waals surface area (Å²) in [6, 6.07) is 5.94. The number of aromatic amines is 1. The molecular formula is C13H17N5O3. The summed E-state index contributed by atoms with van der Waals surface area (Å²) >= 11 is 0. The number of H-pyrrole nitrogens is 1. The maximum absolute atomic E-state index is 11.9. The molecule has 0 saturated heterocycles. The number of nitrogens with one attached hydrogen (secondary N) is 1. The zero-order valence-electron chi connectivity index (χ0n) is 11.5. The first-order valence-electron chi connectivity index (χ1n) is 6.74. The Morgan fingerprint density at radius 3 is 2.86 bits per heavy atom. The van der Waals surface area contributed by atoms with E-state index in [-0.39, 0.29) is 5.69 Å². The number of hydrogen-bond donors (Lipinski definition) is 2. The lowest BCUT2D eigenvalue weighted by atomic mass is 10.2. The van der Waals surface area contributed by atoms with Gasteiger partial charge in [0, 0.05) is 18.6 Å². The molecule has 112 valence electrons. The number of benzene rings is 1. The van der Waals surface area contributed by atoms with Crippen LogP contribution < -0.4 is 11.4 Å². The standard InChI is InChI=1S/C13H17N5O3/c14-8-3-1-2-7-12-15-16-13(19)17(12)10-5-4-6-11(9-10)18(20)21/h4-6,9H,1-3,7-8,14H2,(H,16,19). The first kappa shape index (κ1) is 14.9. The van der Waals surface area contributed by atoms with Crippen LogP contribution in [0.3, 0.4) is 0 Å². The van der Waals surface area contributed by atoms with Crippen LogP contribution in [0.15, 0.2) is 29.1 Å². The number of nitro groups is 1. The molecule has 3 N–H and O–H groups in total. The van der Waals surface area contributed by atoms with Crippen molar-refractivity contribution in [3.05, 3.63) is 50.7 Å². The van der Waals surface area contributed by atoms with Gasteiger partial charge in [-0.3, -0.25) is 10.1 Å². The zero-order valence-corrected chi connectivity index (χ0v) is 11.5. The largest absolute Gasteiger partial charge is 0.347 e. The second kappa shape index (κ2) is 6.80. The Balaban J connectivity index is 2.27. The van der Waals surface area contributed by atoms with E-state index >= 15 is 0 Å². The molecule has 0 radical (unpaired) electrons. The number of aromatic nitrogens is 3. The van der Waals surface area contributed by atoms with Crippen LogP contribution in [0, 0.1) is 10.1 Å². The molecule has 0 aliphatic carbocycles. The van der Waals surface area contributed by atoms with Crippen LogP contribution in [-0.4, -0.2) is 26.2 Å². The highest BCUT2D eigenvalue weighted by molar-refractivity contribution is 5.43. The molecule has 0 saturated carbocycles. The molecule has 0 atom stereocenters. The molecule has 2 aromatic rings. The molecule has 0 aliphatic heterocycles.